The molecule has 1 N–H and O–H groups in total. The molecule has 110 valence electrons. The van der Waals surface area contributed by atoms with Gasteiger partial charge in [-0.05, 0) is 36.4 Å². The van der Waals surface area contributed by atoms with Gasteiger partial charge in [-0.2, -0.15) is 0 Å². The fraction of sp³-hybridized carbons (Fsp3) is 0.0625. The number of anilines is 2. The van der Waals surface area contributed by atoms with Crippen molar-refractivity contribution in [3.63, 3.8) is 0 Å². The van der Waals surface area contributed by atoms with Gasteiger partial charge in [-0.3, -0.25) is 4.98 Å². The van der Waals surface area contributed by atoms with E-state index in [2.05, 4.69) is 20.3 Å². The van der Waals surface area contributed by atoms with Crippen molar-refractivity contribution < 1.29 is 0 Å². The highest BCUT2D eigenvalue weighted by Gasteiger charge is 2.04. The fourth-order valence-corrected chi connectivity index (χ4v) is 2.32. The van der Waals surface area contributed by atoms with Crippen molar-refractivity contribution in [3.8, 4) is 11.3 Å². The lowest BCUT2D eigenvalue weighted by Gasteiger charge is -2.07. The zero-order valence-electron chi connectivity index (χ0n) is 11.5. The van der Waals surface area contributed by atoms with Crippen molar-refractivity contribution in [2.75, 3.05) is 5.32 Å². The molecular weight excluding hydrogens is 319 g/mol. The van der Waals surface area contributed by atoms with Crippen molar-refractivity contribution in [1.82, 2.24) is 15.0 Å². The van der Waals surface area contributed by atoms with Crippen molar-refractivity contribution in [1.29, 1.82) is 0 Å². The third kappa shape index (κ3) is 3.53. The van der Waals surface area contributed by atoms with E-state index in [1.165, 1.54) is 0 Å². The largest absolute Gasteiger partial charge is 0.324 e. The molecule has 0 amide bonds. The van der Waals surface area contributed by atoms with E-state index < -0.39 is 0 Å². The first-order valence-electron chi connectivity index (χ1n) is 6.61. The highest BCUT2D eigenvalue weighted by atomic mass is 35.5. The van der Waals surface area contributed by atoms with E-state index in [1.807, 2.05) is 42.5 Å². The van der Waals surface area contributed by atoms with Crippen LogP contribution in [0.4, 0.5) is 11.6 Å². The molecule has 2 aromatic heterocycles. The first-order chi connectivity index (χ1) is 10.7. The van der Waals surface area contributed by atoms with Crippen molar-refractivity contribution in [3.05, 3.63) is 65.6 Å². The first kappa shape index (κ1) is 14.8. The Kier molecular flexibility index (Phi) is 4.51. The maximum Gasteiger partial charge on any atom is 0.227 e. The quantitative estimate of drug-likeness (QED) is 0.706. The van der Waals surface area contributed by atoms with Crippen LogP contribution in [0.1, 0.15) is 5.69 Å². The third-order valence-corrected chi connectivity index (χ3v) is 3.49. The normalized spacial score (nSPS) is 10.5. The number of nitrogens with zero attached hydrogens (tertiary/aromatic N) is 3. The molecule has 0 atom stereocenters. The number of halogens is 2. The number of hydrogen-bond acceptors (Lipinski definition) is 4. The highest BCUT2D eigenvalue weighted by molar-refractivity contribution is 6.30. The molecule has 0 aliphatic heterocycles. The van der Waals surface area contributed by atoms with Crippen molar-refractivity contribution in [2.24, 2.45) is 0 Å². The van der Waals surface area contributed by atoms with Crippen molar-refractivity contribution in [2.45, 2.75) is 5.88 Å². The summed E-state index contributed by atoms with van der Waals surface area (Å²) in [5, 5.41) is 3.79. The molecule has 0 fully saturated rings. The van der Waals surface area contributed by atoms with E-state index in [4.69, 9.17) is 23.2 Å². The standard InChI is InChI=1S/C16H12Cl2N4/c17-10-14-8-11(4-6-19-14)15-5-7-20-16(22-15)21-13-3-1-2-12(18)9-13/h1-9H,10H2,(H,20,21,22). The Balaban J connectivity index is 1.89. The Morgan fingerprint density at radius 3 is 2.68 bits per heavy atom. The molecule has 4 nitrogen and oxygen atoms in total. The Hall–Kier alpha value is -2.17. The Labute approximate surface area is 138 Å². The van der Waals surface area contributed by atoms with Gasteiger partial charge < -0.3 is 5.32 Å². The van der Waals surface area contributed by atoms with Crippen LogP contribution in [0.5, 0.6) is 0 Å². The van der Waals surface area contributed by atoms with Gasteiger partial charge >= 0.3 is 0 Å². The Morgan fingerprint density at radius 1 is 1.00 bits per heavy atom. The first-order valence-corrected chi connectivity index (χ1v) is 7.53. The van der Waals surface area contributed by atoms with Crippen LogP contribution < -0.4 is 5.32 Å². The lowest BCUT2D eigenvalue weighted by Crippen LogP contribution is -1.98. The molecule has 22 heavy (non-hydrogen) atoms. The summed E-state index contributed by atoms with van der Waals surface area (Å²) in [5.41, 5.74) is 3.39. The van der Waals surface area contributed by atoms with Gasteiger partial charge in [0.05, 0.1) is 17.3 Å². The number of nitrogens with one attached hydrogen (secondary N) is 1. The van der Waals surface area contributed by atoms with Crippen molar-refractivity contribution >= 4 is 34.8 Å². The maximum atomic E-state index is 5.97. The molecule has 0 saturated carbocycles. The predicted octanol–water partition coefficient (Wildman–Crippen LogP) is 4.67. The fourth-order valence-electron chi connectivity index (χ4n) is 1.99. The van der Waals surface area contributed by atoms with Crippen LogP contribution in [0.2, 0.25) is 5.02 Å². The van der Waals surface area contributed by atoms with Gasteiger partial charge in [0, 0.05) is 28.7 Å². The molecule has 6 heteroatoms. The highest BCUT2D eigenvalue weighted by Crippen LogP contribution is 2.21. The summed E-state index contributed by atoms with van der Waals surface area (Å²) < 4.78 is 0. The maximum absolute atomic E-state index is 5.97. The topological polar surface area (TPSA) is 50.7 Å². The smallest absolute Gasteiger partial charge is 0.227 e. The van der Waals surface area contributed by atoms with E-state index in [0.29, 0.717) is 16.9 Å². The van der Waals surface area contributed by atoms with Gasteiger partial charge in [0.2, 0.25) is 5.95 Å². The van der Waals surface area contributed by atoms with Gasteiger partial charge in [0.25, 0.3) is 0 Å². The van der Waals surface area contributed by atoms with Gasteiger partial charge in [0.1, 0.15) is 0 Å². The van der Waals surface area contributed by atoms with Crippen LogP contribution in [0.15, 0.2) is 54.9 Å². The van der Waals surface area contributed by atoms with Crippen LogP contribution in [0.3, 0.4) is 0 Å². The zero-order chi connectivity index (χ0) is 15.4. The monoisotopic (exact) mass is 330 g/mol. The van der Waals surface area contributed by atoms with Gasteiger partial charge in [-0.15, -0.1) is 11.6 Å². The summed E-state index contributed by atoms with van der Waals surface area (Å²) in [7, 11) is 0. The van der Waals surface area contributed by atoms with Gasteiger partial charge in [-0.25, -0.2) is 9.97 Å². The van der Waals surface area contributed by atoms with E-state index in [1.54, 1.807) is 12.4 Å². The number of pyridine rings is 1. The van der Waals surface area contributed by atoms with Crippen LogP contribution in [0.25, 0.3) is 11.3 Å². The second-order valence-corrected chi connectivity index (χ2v) is 5.27. The minimum absolute atomic E-state index is 0.368. The number of aromatic nitrogens is 3. The lowest BCUT2D eigenvalue weighted by atomic mass is 10.1. The molecule has 1 aromatic carbocycles. The van der Waals surface area contributed by atoms with Crippen LogP contribution in [-0.2, 0) is 5.88 Å². The molecule has 0 saturated heterocycles. The van der Waals surface area contributed by atoms with E-state index >= 15 is 0 Å². The number of benzene rings is 1. The third-order valence-electron chi connectivity index (χ3n) is 2.99. The van der Waals surface area contributed by atoms with Crippen LogP contribution >= 0.6 is 23.2 Å². The minimum atomic E-state index is 0.368. The average Bonchev–Trinajstić information content (AvgIpc) is 2.55. The zero-order valence-corrected chi connectivity index (χ0v) is 13.0. The Bertz CT molecular complexity index is 792. The number of rotatable bonds is 4. The van der Waals surface area contributed by atoms with Gasteiger partial charge in [0.15, 0.2) is 0 Å². The summed E-state index contributed by atoms with van der Waals surface area (Å²) >= 11 is 11.8. The summed E-state index contributed by atoms with van der Waals surface area (Å²) in [6.07, 6.45) is 3.43. The van der Waals surface area contributed by atoms with E-state index in [9.17, 15) is 0 Å². The number of hydrogen-bond donors (Lipinski definition) is 1. The van der Waals surface area contributed by atoms with Crippen LogP contribution in [-0.4, -0.2) is 15.0 Å². The summed E-state index contributed by atoms with van der Waals surface area (Å²) in [4.78, 5) is 12.9. The molecule has 3 aromatic rings. The average molecular weight is 331 g/mol. The molecule has 0 unspecified atom stereocenters. The molecule has 0 spiro atoms. The molecule has 0 aliphatic rings. The molecule has 0 bridgehead atoms. The molecular formula is C16H12Cl2N4. The van der Waals surface area contributed by atoms with Crippen LogP contribution in [0, 0.1) is 0 Å². The lowest BCUT2D eigenvalue weighted by molar-refractivity contribution is 1.14. The second-order valence-electron chi connectivity index (χ2n) is 4.57. The number of alkyl halides is 1. The minimum Gasteiger partial charge on any atom is -0.324 e. The summed E-state index contributed by atoms with van der Waals surface area (Å²) in [6.45, 7) is 0. The van der Waals surface area contributed by atoms with Gasteiger partial charge in [-0.1, -0.05) is 17.7 Å². The SMILES string of the molecule is ClCc1cc(-c2ccnc(Nc3cccc(Cl)c3)n2)ccn1. The summed E-state index contributed by atoms with van der Waals surface area (Å²) in [6, 6.07) is 13.0. The summed E-state index contributed by atoms with van der Waals surface area (Å²) in [5.74, 6) is 0.871. The molecule has 2 heterocycles. The predicted molar refractivity (Wildman–Crippen MR) is 89.6 cm³/mol. The van der Waals surface area contributed by atoms with E-state index in [-0.39, 0.29) is 0 Å². The Morgan fingerprint density at radius 2 is 1.86 bits per heavy atom. The van der Waals surface area contributed by atoms with E-state index in [0.717, 1.165) is 22.6 Å². The molecule has 0 aliphatic carbocycles. The second kappa shape index (κ2) is 6.73. The molecule has 3 rings (SSSR count). The molecule has 0 radical (unpaired) electrons.